The van der Waals surface area contributed by atoms with Gasteiger partial charge in [-0.15, -0.1) is 11.6 Å². The summed E-state index contributed by atoms with van der Waals surface area (Å²) in [7, 11) is 1.70. The fourth-order valence-corrected chi connectivity index (χ4v) is 3.20. The van der Waals surface area contributed by atoms with E-state index in [-0.39, 0.29) is 5.38 Å². The topological polar surface area (TPSA) is 27.1 Å². The van der Waals surface area contributed by atoms with Crippen molar-refractivity contribution in [3.05, 3.63) is 24.0 Å². The fourth-order valence-electron chi connectivity index (χ4n) is 3.05. The van der Waals surface area contributed by atoms with E-state index in [1.54, 1.807) is 7.11 Å². The van der Waals surface area contributed by atoms with E-state index in [2.05, 4.69) is 10.6 Å². The molecule has 1 unspecified atom stereocenters. The lowest BCUT2D eigenvalue weighted by Gasteiger charge is -2.17. The molecule has 0 spiro atoms. The number of hydrogen-bond acceptors (Lipinski definition) is 2. The van der Waals surface area contributed by atoms with Crippen molar-refractivity contribution in [2.45, 2.75) is 44.0 Å². The summed E-state index contributed by atoms with van der Waals surface area (Å²) in [6, 6.07) is 6.58. The van der Waals surface area contributed by atoms with E-state index in [4.69, 9.17) is 21.3 Å². The molecule has 1 aliphatic rings. The standard InChI is InChI=1S/C15H19ClN2O/c1-10(16)15-17-13-8-7-12(19-2)9-14(13)18(15)11-5-3-4-6-11/h7-11H,3-6H2,1-2H3. The molecule has 19 heavy (non-hydrogen) atoms. The van der Waals surface area contributed by atoms with Crippen molar-refractivity contribution < 1.29 is 4.74 Å². The summed E-state index contributed by atoms with van der Waals surface area (Å²) in [5.74, 6) is 1.86. The van der Waals surface area contributed by atoms with Crippen molar-refractivity contribution in [3.8, 4) is 5.75 Å². The molecule has 3 rings (SSSR count). The monoisotopic (exact) mass is 278 g/mol. The van der Waals surface area contributed by atoms with Crippen LogP contribution in [-0.2, 0) is 0 Å². The van der Waals surface area contributed by atoms with Crippen molar-refractivity contribution in [1.29, 1.82) is 0 Å². The number of aromatic nitrogens is 2. The Labute approximate surface area is 118 Å². The smallest absolute Gasteiger partial charge is 0.127 e. The Balaban J connectivity index is 2.20. The molecule has 1 fully saturated rings. The Bertz CT molecular complexity index is 585. The van der Waals surface area contributed by atoms with Crippen LogP contribution >= 0.6 is 11.6 Å². The van der Waals surface area contributed by atoms with Gasteiger partial charge in [0.1, 0.15) is 11.6 Å². The molecule has 1 atom stereocenters. The van der Waals surface area contributed by atoms with Gasteiger partial charge in [0.15, 0.2) is 0 Å². The van der Waals surface area contributed by atoms with Gasteiger partial charge in [-0.3, -0.25) is 0 Å². The molecule has 102 valence electrons. The van der Waals surface area contributed by atoms with E-state index in [9.17, 15) is 0 Å². The lowest BCUT2D eigenvalue weighted by molar-refractivity contribution is 0.415. The van der Waals surface area contributed by atoms with E-state index in [0.717, 1.165) is 22.6 Å². The Morgan fingerprint density at radius 2 is 2.11 bits per heavy atom. The maximum Gasteiger partial charge on any atom is 0.127 e. The fraction of sp³-hybridized carbons (Fsp3) is 0.533. The van der Waals surface area contributed by atoms with E-state index < -0.39 is 0 Å². The largest absolute Gasteiger partial charge is 0.497 e. The SMILES string of the molecule is COc1ccc2nc(C(C)Cl)n(C3CCCC3)c2c1. The number of fused-ring (bicyclic) bond motifs is 1. The van der Waals surface area contributed by atoms with E-state index in [1.807, 2.05) is 19.1 Å². The third-order valence-corrected chi connectivity index (χ3v) is 4.16. The van der Waals surface area contributed by atoms with Crippen molar-refractivity contribution in [2.75, 3.05) is 7.11 Å². The van der Waals surface area contributed by atoms with E-state index in [0.29, 0.717) is 6.04 Å². The van der Waals surface area contributed by atoms with Gasteiger partial charge in [-0.25, -0.2) is 4.98 Å². The van der Waals surface area contributed by atoms with Crippen molar-refractivity contribution in [1.82, 2.24) is 9.55 Å². The molecule has 1 heterocycles. The summed E-state index contributed by atoms with van der Waals surface area (Å²) in [5, 5.41) is -0.0704. The van der Waals surface area contributed by atoms with Gasteiger partial charge in [-0.2, -0.15) is 0 Å². The maximum absolute atomic E-state index is 6.32. The average molecular weight is 279 g/mol. The third kappa shape index (κ3) is 2.20. The molecule has 0 aliphatic heterocycles. The number of halogens is 1. The zero-order valence-corrected chi connectivity index (χ0v) is 12.2. The first kappa shape index (κ1) is 12.8. The van der Waals surface area contributed by atoms with Crippen LogP contribution in [0.3, 0.4) is 0 Å². The van der Waals surface area contributed by atoms with Crippen molar-refractivity contribution in [3.63, 3.8) is 0 Å². The molecule has 3 nitrogen and oxygen atoms in total. The summed E-state index contributed by atoms with van der Waals surface area (Å²) in [4.78, 5) is 4.71. The Morgan fingerprint density at radius 3 is 2.74 bits per heavy atom. The first-order valence-electron chi connectivity index (χ1n) is 6.90. The second kappa shape index (κ2) is 5.04. The second-order valence-corrected chi connectivity index (χ2v) is 5.90. The minimum Gasteiger partial charge on any atom is -0.497 e. The summed E-state index contributed by atoms with van der Waals surface area (Å²) in [5.41, 5.74) is 2.16. The highest BCUT2D eigenvalue weighted by Crippen LogP contribution is 2.37. The molecule has 0 N–H and O–H groups in total. The summed E-state index contributed by atoms with van der Waals surface area (Å²) < 4.78 is 7.67. The molecule has 1 aromatic carbocycles. The predicted octanol–water partition coefficient (Wildman–Crippen LogP) is 4.46. The van der Waals surface area contributed by atoms with Gasteiger partial charge in [-0.05, 0) is 31.9 Å². The van der Waals surface area contributed by atoms with Gasteiger partial charge in [0.25, 0.3) is 0 Å². The van der Waals surface area contributed by atoms with Crippen LogP contribution in [0.15, 0.2) is 18.2 Å². The lowest BCUT2D eigenvalue weighted by Crippen LogP contribution is -2.09. The number of methoxy groups -OCH3 is 1. The van der Waals surface area contributed by atoms with Crippen LogP contribution in [0, 0.1) is 0 Å². The van der Waals surface area contributed by atoms with Gasteiger partial charge >= 0.3 is 0 Å². The molecular weight excluding hydrogens is 260 g/mol. The van der Waals surface area contributed by atoms with Crippen LogP contribution in [0.2, 0.25) is 0 Å². The van der Waals surface area contributed by atoms with Crippen molar-refractivity contribution >= 4 is 22.6 Å². The maximum atomic E-state index is 6.32. The van der Waals surface area contributed by atoms with Gasteiger partial charge < -0.3 is 9.30 Å². The lowest BCUT2D eigenvalue weighted by atomic mass is 10.2. The molecule has 1 aromatic heterocycles. The Kier molecular flexibility index (Phi) is 3.40. The number of nitrogens with zero attached hydrogens (tertiary/aromatic N) is 2. The van der Waals surface area contributed by atoms with E-state index in [1.165, 1.54) is 25.7 Å². The predicted molar refractivity (Wildman–Crippen MR) is 78.1 cm³/mol. The van der Waals surface area contributed by atoms with Crippen LogP contribution < -0.4 is 4.74 Å². The molecule has 0 amide bonds. The summed E-state index contributed by atoms with van der Waals surface area (Å²) in [6.07, 6.45) is 5.04. The molecular formula is C15H19ClN2O. The van der Waals surface area contributed by atoms with Gasteiger partial charge in [0, 0.05) is 12.1 Å². The van der Waals surface area contributed by atoms with Crippen LogP contribution in [-0.4, -0.2) is 16.7 Å². The van der Waals surface area contributed by atoms with Crippen LogP contribution in [0.25, 0.3) is 11.0 Å². The Hall–Kier alpha value is -1.22. The van der Waals surface area contributed by atoms with Crippen LogP contribution in [0.4, 0.5) is 0 Å². The normalized spacial score (nSPS) is 18.1. The Morgan fingerprint density at radius 1 is 1.37 bits per heavy atom. The first-order valence-corrected chi connectivity index (χ1v) is 7.34. The summed E-state index contributed by atoms with van der Waals surface area (Å²) in [6.45, 7) is 1.99. The minimum absolute atomic E-state index is 0.0704. The number of imidazole rings is 1. The molecule has 0 radical (unpaired) electrons. The molecule has 4 heteroatoms. The molecule has 1 saturated carbocycles. The van der Waals surface area contributed by atoms with Crippen LogP contribution in [0.1, 0.15) is 49.9 Å². The first-order chi connectivity index (χ1) is 9.20. The minimum atomic E-state index is -0.0704. The number of alkyl halides is 1. The molecule has 0 saturated heterocycles. The van der Waals surface area contributed by atoms with Gasteiger partial charge in [0.05, 0.1) is 23.5 Å². The zero-order valence-electron chi connectivity index (χ0n) is 11.4. The van der Waals surface area contributed by atoms with E-state index >= 15 is 0 Å². The van der Waals surface area contributed by atoms with Gasteiger partial charge in [-0.1, -0.05) is 12.8 Å². The highest BCUT2D eigenvalue weighted by molar-refractivity contribution is 6.20. The van der Waals surface area contributed by atoms with Crippen LogP contribution in [0.5, 0.6) is 5.75 Å². The highest BCUT2D eigenvalue weighted by atomic mass is 35.5. The number of benzene rings is 1. The van der Waals surface area contributed by atoms with Crippen molar-refractivity contribution in [2.24, 2.45) is 0 Å². The van der Waals surface area contributed by atoms with Gasteiger partial charge in [0.2, 0.25) is 0 Å². The highest BCUT2D eigenvalue weighted by Gasteiger charge is 2.24. The number of hydrogen-bond donors (Lipinski definition) is 0. The molecule has 1 aliphatic carbocycles. The summed E-state index contributed by atoms with van der Waals surface area (Å²) >= 11 is 6.32. The average Bonchev–Trinajstić information content (AvgIpc) is 3.04. The molecule has 0 bridgehead atoms. The number of ether oxygens (including phenoxy) is 1. The number of rotatable bonds is 3. The zero-order chi connectivity index (χ0) is 13.4. The molecule has 2 aromatic rings. The second-order valence-electron chi connectivity index (χ2n) is 5.25. The quantitative estimate of drug-likeness (QED) is 0.775. The third-order valence-electron chi connectivity index (χ3n) is 3.97.